The van der Waals surface area contributed by atoms with Gasteiger partial charge in [0.1, 0.15) is 6.04 Å². The molecule has 1 aromatic rings. The van der Waals surface area contributed by atoms with Crippen LogP contribution in [0.2, 0.25) is 0 Å². The van der Waals surface area contributed by atoms with Crippen molar-refractivity contribution in [3.8, 4) is 0 Å². The molecule has 1 aliphatic heterocycles. The van der Waals surface area contributed by atoms with Crippen molar-refractivity contribution >= 4 is 10.0 Å². The van der Waals surface area contributed by atoms with Gasteiger partial charge in [0.05, 0.1) is 5.75 Å². The van der Waals surface area contributed by atoms with E-state index < -0.39 is 10.0 Å². The third kappa shape index (κ3) is 2.41. The molecule has 3 rings (SSSR count). The fraction of sp³-hybridized carbons (Fsp3) is 0.833. The molecule has 2 heterocycles. The maximum absolute atomic E-state index is 12.1. The van der Waals surface area contributed by atoms with Gasteiger partial charge >= 0.3 is 0 Å². The summed E-state index contributed by atoms with van der Waals surface area (Å²) in [5.74, 6) is 1.93. The quantitative estimate of drug-likeness (QED) is 0.841. The summed E-state index contributed by atoms with van der Waals surface area (Å²) in [5, 5.41) is 3.99. The normalized spacial score (nSPS) is 25.0. The Labute approximate surface area is 113 Å². The first-order valence-electron chi connectivity index (χ1n) is 6.82. The van der Waals surface area contributed by atoms with Gasteiger partial charge in [-0.15, -0.1) is 0 Å². The summed E-state index contributed by atoms with van der Waals surface area (Å²) < 4.78 is 31.0. The number of nitrogens with zero attached hydrogens (tertiary/aromatic N) is 3. The molecule has 0 unspecified atom stereocenters. The average Bonchev–Trinajstić information content (AvgIpc) is 2.97. The van der Waals surface area contributed by atoms with Gasteiger partial charge in [0.15, 0.2) is 5.82 Å². The van der Waals surface area contributed by atoms with Gasteiger partial charge in [0.2, 0.25) is 15.9 Å². The summed E-state index contributed by atoms with van der Waals surface area (Å²) in [6.45, 7) is 4.52. The van der Waals surface area contributed by atoms with Crippen molar-refractivity contribution in [1.29, 1.82) is 0 Å². The molecule has 1 saturated carbocycles. The molecule has 0 spiro atoms. The van der Waals surface area contributed by atoms with Crippen LogP contribution in [0.3, 0.4) is 0 Å². The molecule has 2 fully saturated rings. The molecule has 7 heteroatoms. The van der Waals surface area contributed by atoms with Crippen LogP contribution in [0, 0.1) is 5.92 Å². The molecule has 1 aromatic heterocycles. The van der Waals surface area contributed by atoms with E-state index in [1.165, 1.54) is 4.31 Å². The van der Waals surface area contributed by atoms with Gasteiger partial charge in [0, 0.05) is 12.5 Å². The van der Waals surface area contributed by atoms with Gasteiger partial charge in [-0.3, -0.25) is 0 Å². The monoisotopic (exact) mass is 285 g/mol. The smallest absolute Gasteiger partial charge is 0.245 e. The lowest BCUT2D eigenvalue weighted by molar-refractivity contribution is 0.214. The van der Waals surface area contributed by atoms with Crippen LogP contribution in [0.25, 0.3) is 0 Å². The molecule has 2 aliphatic rings. The Morgan fingerprint density at radius 2 is 2.11 bits per heavy atom. The van der Waals surface area contributed by atoms with Crippen molar-refractivity contribution in [2.24, 2.45) is 5.92 Å². The fourth-order valence-electron chi connectivity index (χ4n) is 2.59. The number of hydrogen-bond donors (Lipinski definition) is 0. The van der Waals surface area contributed by atoms with Crippen molar-refractivity contribution < 1.29 is 12.9 Å². The second kappa shape index (κ2) is 4.56. The van der Waals surface area contributed by atoms with Crippen LogP contribution in [0.1, 0.15) is 56.8 Å². The number of sulfonamides is 1. The first kappa shape index (κ1) is 13.1. The summed E-state index contributed by atoms with van der Waals surface area (Å²) in [6.07, 6.45) is 2.88. The van der Waals surface area contributed by atoms with Crippen LogP contribution in [0.5, 0.6) is 0 Å². The first-order chi connectivity index (χ1) is 8.99. The van der Waals surface area contributed by atoms with Gasteiger partial charge in [-0.2, -0.15) is 9.29 Å². The minimum atomic E-state index is -3.17. The fourth-order valence-corrected chi connectivity index (χ4v) is 4.40. The molecule has 0 amide bonds. The van der Waals surface area contributed by atoms with Crippen molar-refractivity contribution in [1.82, 2.24) is 14.4 Å². The molecule has 0 N–H and O–H groups in total. The predicted octanol–water partition coefficient (Wildman–Crippen LogP) is 1.68. The molecule has 0 radical (unpaired) electrons. The molecular weight excluding hydrogens is 266 g/mol. The Balaban J connectivity index is 1.91. The van der Waals surface area contributed by atoms with E-state index in [1.54, 1.807) is 0 Å². The summed E-state index contributed by atoms with van der Waals surface area (Å²) in [7, 11) is -3.17. The minimum Gasteiger partial charge on any atom is -0.338 e. The number of rotatable bonds is 4. The van der Waals surface area contributed by atoms with E-state index in [2.05, 4.69) is 10.1 Å². The van der Waals surface area contributed by atoms with E-state index in [4.69, 9.17) is 4.52 Å². The minimum absolute atomic E-state index is 0.111. The highest BCUT2D eigenvalue weighted by molar-refractivity contribution is 7.89. The van der Waals surface area contributed by atoms with Crippen molar-refractivity contribution in [2.45, 2.75) is 45.1 Å². The molecule has 0 bridgehead atoms. The Hall–Kier alpha value is -0.950. The summed E-state index contributed by atoms with van der Waals surface area (Å²) in [4.78, 5) is 4.42. The van der Waals surface area contributed by atoms with Crippen LogP contribution in [0.4, 0.5) is 0 Å². The van der Waals surface area contributed by atoms with Gasteiger partial charge in [-0.05, 0) is 25.2 Å². The second-order valence-electron chi connectivity index (χ2n) is 5.73. The highest BCUT2D eigenvalue weighted by Gasteiger charge is 2.40. The lowest BCUT2D eigenvalue weighted by Crippen LogP contribution is -2.33. The Kier molecular flexibility index (Phi) is 3.13. The van der Waals surface area contributed by atoms with Crippen molar-refractivity contribution in [3.63, 3.8) is 0 Å². The summed E-state index contributed by atoms with van der Waals surface area (Å²) in [6, 6.07) is -0.326. The third-order valence-corrected chi connectivity index (χ3v) is 5.66. The van der Waals surface area contributed by atoms with E-state index in [1.807, 2.05) is 13.8 Å². The van der Waals surface area contributed by atoms with E-state index in [0.29, 0.717) is 24.8 Å². The van der Waals surface area contributed by atoms with Crippen molar-refractivity contribution in [3.05, 3.63) is 11.7 Å². The van der Waals surface area contributed by atoms with E-state index >= 15 is 0 Å². The largest absolute Gasteiger partial charge is 0.338 e. The molecular formula is C12H19N3O3S. The molecule has 0 aromatic carbocycles. The summed E-state index contributed by atoms with van der Waals surface area (Å²) >= 11 is 0. The molecule has 1 aliphatic carbocycles. The highest BCUT2D eigenvalue weighted by Crippen LogP contribution is 2.40. The topological polar surface area (TPSA) is 76.3 Å². The SMILES string of the molecule is CC(C)[C@@H](c1nc(C2CC2)no1)N1CCCS1(=O)=O. The molecule has 1 saturated heterocycles. The second-order valence-corrected chi connectivity index (χ2v) is 7.78. The van der Waals surface area contributed by atoms with Gasteiger partial charge < -0.3 is 4.52 Å². The van der Waals surface area contributed by atoms with Crippen molar-refractivity contribution in [2.75, 3.05) is 12.3 Å². The molecule has 106 valence electrons. The van der Waals surface area contributed by atoms with Crippen LogP contribution in [-0.2, 0) is 10.0 Å². The standard InChI is InChI=1S/C12H19N3O3S/c1-8(2)10(15-6-3-7-19(15,16)17)12-13-11(14-18-12)9-4-5-9/h8-10H,3-7H2,1-2H3/t10-/m0/s1. The Morgan fingerprint density at radius 3 is 2.63 bits per heavy atom. The zero-order valence-electron chi connectivity index (χ0n) is 11.2. The van der Waals surface area contributed by atoms with Crippen LogP contribution < -0.4 is 0 Å². The highest BCUT2D eigenvalue weighted by atomic mass is 32.2. The van der Waals surface area contributed by atoms with E-state index in [9.17, 15) is 8.42 Å². The van der Waals surface area contributed by atoms with Gasteiger partial charge in [0.25, 0.3) is 0 Å². The summed E-state index contributed by atoms with van der Waals surface area (Å²) in [5.41, 5.74) is 0. The van der Waals surface area contributed by atoms with Crippen LogP contribution in [-0.4, -0.2) is 35.2 Å². The number of hydrogen-bond acceptors (Lipinski definition) is 5. The maximum atomic E-state index is 12.1. The van der Waals surface area contributed by atoms with Gasteiger partial charge in [-0.25, -0.2) is 8.42 Å². The maximum Gasteiger partial charge on any atom is 0.245 e. The zero-order valence-corrected chi connectivity index (χ0v) is 12.1. The molecule has 1 atom stereocenters. The predicted molar refractivity (Wildman–Crippen MR) is 69.0 cm³/mol. The van der Waals surface area contributed by atoms with Crippen LogP contribution >= 0.6 is 0 Å². The number of aromatic nitrogens is 2. The first-order valence-corrected chi connectivity index (χ1v) is 8.43. The molecule has 6 nitrogen and oxygen atoms in total. The molecule has 19 heavy (non-hydrogen) atoms. The average molecular weight is 285 g/mol. The van der Waals surface area contributed by atoms with E-state index in [0.717, 1.165) is 18.7 Å². The lowest BCUT2D eigenvalue weighted by atomic mass is 10.0. The van der Waals surface area contributed by atoms with E-state index in [-0.39, 0.29) is 17.7 Å². The van der Waals surface area contributed by atoms with Gasteiger partial charge in [-0.1, -0.05) is 19.0 Å². The van der Waals surface area contributed by atoms with Crippen LogP contribution in [0.15, 0.2) is 4.52 Å². The lowest BCUT2D eigenvalue weighted by Gasteiger charge is -2.26. The Morgan fingerprint density at radius 1 is 1.37 bits per heavy atom. The zero-order chi connectivity index (χ0) is 13.6. The third-order valence-electron chi connectivity index (χ3n) is 3.73. The Bertz CT molecular complexity index is 563.